The van der Waals surface area contributed by atoms with Crippen LogP contribution >= 0.6 is 0 Å². The zero-order chi connectivity index (χ0) is 16.1. The van der Waals surface area contributed by atoms with E-state index in [4.69, 9.17) is 9.15 Å². The van der Waals surface area contributed by atoms with Crippen molar-refractivity contribution in [1.82, 2.24) is 15.1 Å². The Morgan fingerprint density at radius 3 is 2.50 bits per heavy atom. The standard InChI is InChI=1S/C16H21N3O3/c1-11(2)15(22-13-8-6-5-7-9-13)16(20)19(4)10-14-18-17-12(3)21-14/h5-9,11,15H,10H2,1-4H3. The van der Waals surface area contributed by atoms with Crippen LogP contribution in [0.2, 0.25) is 0 Å². The van der Waals surface area contributed by atoms with Gasteiger partial charge < -0.3 is 14.1 Å². The summed E-state index contributed by atoms with van der Waals surface area (Å²) in [6, 6.07) is 9.33. The van der Waals surface area contributed by atoms with Crippen LogP contribution in [0, 0.1) is 12.8 Å². The van der Waals surface area contributed by atoms with Gasteiger partial charge in [-0.3, -0.25) is 4.79 Å². The van der Waals surface area contributed by atoms with E-state index in [-0.39, 0.29) is 18.4 Å². The van der Waals surface area contributed by atoms with Crippen molar-refractivity contribution in [2.75, 3.05) is 7.05 Å². The summed E-state index contributed by atoms with van der Waals surface area (Å²) in [4.78, 5) is 14.2. The first-order valence-corrected chi connectivity index (χ1v) is 7.23. The smallest absolute Gasteiger partial charge is 0.264 e. The largest absolute Gasteiger partial charge is 0.480 e. The normalized spacial score (nSPS) is 12.2. The Kier molecular flexibility index (Phi) is 5.14. The minimum Gasteiger partial charge on any atom is -0.480 e. The van der Waals surface area contributed by atoms with E-state index in [9.17, 15) is 4.79 Å². The van der Waals surface area contributed by atoms with E-state index < -0.39 is 6.10 Å². The molecule has 1 unspecified atom stereocenters. The van der Waals surface area contributed by atoms with E-state index in [0.717, 1.165) is 0 Å². The van der Waals surface area contributed by atoms with Crippen LogP contribution in [0.3, 0.4) is 0 Å². The van der Waals surface area contributed by atoms with Crippen LogP contribution in [0.25, 0.3) is 0 Å². The van der Waals surface area contributed by atoms with Crippen LogP contribution in [0.5, 0.6) is 5.75 Å². The van der Waals surface area contributed by atoms with Crippen LogP contribution in [0.4, 0.5) is 0 Å². The number of nitrogens with zero attached hydrogens (tertiary/aromatic N) is 3. The zero-order valence-electron chi connectivity index (χ0n) is 13.3. The lowest BCUT2D eigenvalue weighted by molar-refractivity contribution is -0.140. The predicted octanol–water partition coefficient (Wildman–Crippen LogP) is 2.44. The van der Waals surface area contributed by atoms with Gasteiger partial charge in [-0.1, -0.05) is 32.0 Å². The summed E-state index contributed by atoms with van der Waals surface area (Å²) < 4.78 is 11.1. The van der Waals surface area contributed by atoms with E-state index >= 15 is 0 Å². The fourth-order valence-electron chi connectivity index (χ4n) is 2.02. The van der Waals surface area contributed by atoms with Crippen molar-refractivity contribution < 1.29 is 13.9 Å². The summed E-state index contributed by atoms with van der Waals surface area (Å²) in [7, 11) is 1.70. The Balaban J connectivity index is 2.05. The summed E-state index contributed by atoms with van der Waals surface area (Å²) in [6.45, 7) is 5.89. The number of likely N-dealkylation sites (N-methyl/N-ethyl adjacent to an activating group) is 1. The number of hydrogen-bond donors (Lipinski definition) is 0. The van der Waals surface area contributed by atoms with Crippen molar-refractivity contribution in [2.24, 2.45) is 5.92 Å². The number of rotatable bonds is 6. The molecule has 0 aliphatic rings. The van der Waals surface area contributed by atoms with Gasteiger partial charge in [0.2, 0.25) is 11.8 Å². The lowest BCUT2D eigenvalue weighted by Gasteiger charge is -2.26. The first-order valence-electron chi connectivity index (χ1n) is 7.23. The Morgan fingerprint density at radius 2 is 1.95 bits per heavy atom. The van der Waals surface area contributed by atoms with Gasteiger partial charge in [0.05, 0.1) is 6.54 Å². The summed E-state index contributed by atoms with van der Waals surface area (Å²) >= 11 is 0. The second-order valence-corrected chi connectivity index (χ2v) is 5.50. The Labute approximate surface area is 130 Å². The average Bonchev–Trinajstić information content (AvgIpc) is 2.90. The molecule has 2 rings (SSSR count). The number of hydrogen-bond acceptors (Lipinski definition) is 5. The number of aromatic nitrogens is 2. The van der Waals surface area contributed by atoms with Gasteiger partial charge in [-0.05, 0) is 18.1 Å². The highest BCUT2D eigenvalue weighted by atomic mass is 16.5. The molecule has 0 fully saturated rings. The number of benzene rings is 1. The van der Waals surface area contributed by atoms with E-state index in [1.807, 2.05) is 44.2 Å². The lowest BCUT2D eigenvalue weighted by atomic mass is 10.1. The van der Waals surface area contributed by atoms with Crippen LogP contribution in [0.1, 0.15) is 25.6 Å². The van der Waals surface area contributed by atoms with Gasteiger partial charge in [0.15, 0.2) is 6.10 Å². The summed E-state index contributed by atoms with van der Waals surface area (Å²) in [6.07, 6.45) is -0.559. The third-order valence-electron chi connectivity index (χ3n) is 3.17. The monoisotopic (exact) mass is 303 g/mol. The third kappa shape index (κ3) is 4.07. The maximum Gasteiger partial charge on any atom is 0.264 e. The second-order valence-electron chi connectivity index (χ2n) is 5.50. The van der Waals surface area contributed by atoms with E-state index in [0.29, 0.717) is 17.5 Å². The van der Waals surface area contributed by atoms with Crippen LogP contribution in [-0.2, 0) is 11.3 Å². The number of carbonyl (C=O) groups is 1. The minimum atomic E-state index is -0.559. The molecule has 0 aliphatic carbocycles. The molecule has 1 heterocycles. The number of ether oxygens (including phenoxy) is 1. The molecule has 1 amide bonds. The molecular weight excluding hydrogens is 282 g/mol. The van der Waals surface area contributed by atoms with Crippen molar-refractivity contribution in [3.8, 4) is 5.75 Å². The van der Waals surface area contributed by atoms with Crippen LogP contribution in [-0.4, -0.2) is 34.2 Å². The van der Waals surface area contributed by atoms with Crippen molar-refractivity contribution >= 4 is 5.91 Å². The summed E-state index contributed by atoms with van der Waals surface area (Å²) in [5, 5.41) is 7.67. The van der Waals surface area contributed by atoms with E-state index in [1.54, 1.807) is 18.9 Å². The first-order chi connectivity index (χ1) is 10.5. The van der Waals surface area contributed by atoms with Crippen molar-refractivity contribution in [3.05, 3.63) is 42.1 Å². The highest BCUT2D eigenvalue weighted by Gasteiger charge is 2.28. The average molecular weight is 303 g/mol. The molecule has 0 aliphatic heterocycles. The quantitative estimate of drug-likeness (QED) is 0.820. The molecule has 118 valence electrons. The molecule has 1 aromatic heterocycles. The highest BCUT2D eigenvalue weighted by Crippen LogP contribution is 2.17. The van der Waals surface area contributed by atoms with Gasteiger partial charge in [-0.25, -0.2) is 0 Å². The molecule has 0 bridgehead atoms. The van der Waals surface area contributed by atoms with Crippen LogP contribution in [0.15, 0.2) is 34.7 Å². The minimum absolute atomic E-state index is 0.0413. The molecule has 1 aromatic carbocycles. The van der Waals surface area contributed by atoms with E-state index in [2.05, 4.69) is 10.2 Å². The highest BCUT2D eigenvalue weighted by molar-refractivity contribution is 5.81. The lowest BCUT2D eigenvalue weighted by Crippen LogP contribution is -2.42. The molecule has 6 nitrogen and oxygen atoms in total. The zero-order valence-corrected chi connectivity index (χ0v) is 13.3. The second kappa shape index (κ2) is 7.06. The molecule has 2 aromatic rings. The Hall–Kier alpha value is -2.37. The molecule has 0 radical (unpaired) electrons. The molecule has 0 saturated carbocycles. The van der Waals surface area contributed by atoms with Gasteiger partial charge in [0.1, 0.15) is 5.75 Å². The van der Waals surface area contributed by atoms with Crippen molar-refractivity contribution in [2.45, 2.75) is 33.4 Å². The van der Waals surface area contributed by atoms with E-state index in [1.165, 1.54) is 0 Å². The van der Waals surface area contributed by atoms with Gasteiger partial charge >= 0.3 is 0 Å². The maximum absolute atomic E-state index is 12.6. The fraction of sp³-hybridized carbons (Fsp3) is 0.438. The number of carbonyl (C=O) groups excluding carboxylic acids is 1. The molecule has 6 heteroatoms. The van der Waals surface area contributed by atoms with Gasteiger partial charge in [0, 0.05) is 14.0 Å². The van der Waals surface area contributed by atoms with Gasteiger partial charge in [-0.15, -0.1) is 10.2 Å². The maximum atomic E-state index is 12.6. The number of para-hydroxylation sites is 1. The molecule has 22 heavy (non-hydrogen) atoms. The molecule has 0 N–H and O–H groups in total. The summed E-state index contributed by atoms with van der Waals surface area (Å²) in [5.74, 6) is 1.50. The van der Waals surface area contributed by atoms with Crippen molar-refractivity contribution in [1.29, 1.82) is 0 Å². The van der Waals surface area contributed by atoms with Gasteiger partial charge in [-0.2, -0.15) is 0 Å². The van der Waals surface area contributed by atoms with Gasteiger partial charge in [0.25, 0.3) is 5.91 Å². The van der Waals surface area contributed by atoms with Crippen LogP contribution < -0.4 is 4.74 Å². The van der Waals surface area contributed by atoms with Crippen molar-refractivity contribution in [3.63, 3.8) is 0 Å². The third-order valence-corrected chi connectivity index (χ3v) is 3.17. The first kappa shape index (κ1) is 16.0. The number of amides is 1. The molecule has 0 spiro atoms. The Morgan fingerprint density at radius 1 is 1.27 bits per heavy atom. The Bertz CT molecular complexity index is 610. The molecule has 1 atom stereocenters. The number of aryl methyl sites for hydroxylation is 1. The molecule has 0 saturated heterocycles. The SMILES string of the molecule is Cc1nnc(CN(C)C(=O)C(Oc2ccccc2)C(C)C)o1. The topological polar surface area (TPSA) is 68.5 Å². The predicted molar refractivity (Wildman–Crippen MR) is 81.2 cm³/mol. The molecular formula is C16H21N3O3. The summed E-state index contributed by atoms with van der Waals surface area (Å²) in [5.41, 5.74) is 0. The fourth-order valence-corrected chi connectivity index (χ4v) is 2.02.